The zero-order valence-electron chi connectivity index (χ0n) is 18.1. The molecule has 2 aromatic carbocycles. The van der Waals surface area contributed by atoms with Gasteiger partial charge in [-0.15, -0.1) is 0 Å². The van der Waals surface area contributed by atoms with Crippen LogP contribution in [0.1, 0.15) is 37.4 Å². The third-order valence-electron chi connectivity index (χ3n) is 4.91. The van der Waals surface area contributed by atoms with E-state index in [1.807, 2.05) is 0 Å². The lowest BCUT2D eigenvalue weighted by molar-refractivity contribution is -0.122. The number of halogens is 1. The van der Waals surface area contributed by atoms with Crippen LogP contribution < -0.4 is 9.62 Å². The Labute approximate surface area is 189 Å². The van der Waals surface area contributed by atoms with E-state index >= 15 is 0 Å². The summed E-state index contributed by atoms with van der Waals surface area (Å²) >= 11 is 6.08. The number of nitrogens with zero attached hydrogens (tertiary/aromatic N) is 1. The largest absolute Gasteiger partial charge is 0.348 e. The van der Waals surface area contributed by atoms with Crippen molar-refractivity contribution in [1.29, 1.82) is 0 Å². The van der Waals surface area contributed by atoms with E-state index < -0.39 is 37.9 Å². The van der Waals surface area contributed by atoms with Crippen LogP contribution in [0.15, 0.2) is 47.4 Å². The highest BCUT2D eigenvalue weighted by atomic mass is 35.5. The highest BCUT2D eigenvalue weighted by Crippen LogP contribution is 2.29. The molecule has 0 aliphatic rings. The molecule has 170 valence electrons. The molecule has 0 bridgehead atoms. The number of nitrogens with one attached hydrogen (secondary N) is 1. The van der Waals surface area contributed by atoms with Crippen molar-refractivity contribution >= 4 is 43.1 Å². The van der Waals surface area contributed by atoms with Gasteiger partial charge >= 0.3 is 0 Å². The molecule has 0 saturated carbocycles. The molecular formula is C21H27ClN2O5S2. The molecule has 2 aromatic rings. The van der Waals surface area contributed by atoms with Crippen molar-refractivity contribution in [3.63, 3.8) is 0 Å². The molecule has 0 heterocycles. The van der Waals surface area contributed by atoms with E-state index in [0.717, 1.165) is 16.8 Å². The Morgan fingerprint density at radius 1 is 1.06 bits per heavy atom. The monoisotopic (exact) mass is 486 g/mol. The fraction of sp³-hybridized carbons (Fsp3) is 0.381. The van der Waals surface area contributed by atoms with Gasteiger partial charge in [0.25, 0.3) is 0 Å². The number of amides is 1. The fourth-order valence-electron chi connectivity index (χ4n) is 3.25. The van der Waals surface area contributed by atoms with E-state index in [2.05, 4.69) is 5.32 Å². The van der Waals surface area contributed by atoms with Gasteiger partial charge in [0.05, 0.1) is 22.9 Å². The summed E-state index contributed by atoms with van der Waals surface area (Å²) in [6.07, 6.45) is 2.41. The van der Waals surface area contributed by atoms with Crippen molar-refractivity contribution in [2.45, 2.75) is 44.2 Å². The average Bonchev–Trinajstić information content (AvgIpc) is 2.66. The van der Waals surface area contributed by atoms with Crippen LogP contribution in [0.3, 0.4) is 0 Å². The Bertz CT molecular complexity index is 1160. The first-order chi connectivity index (χ1) is 14.3. The van der Waals surface area contributed by atoms with E-state index in [0.29, 0.717) is 21.8 Å². The molecule has 1 N–H and O–H groups in total. The number of benzene rings is 2. The van der Waals surface area contributed by atoms with E-state index in [1.54, 1.807) is 45.0 Å². The maximum Gasteiger partial charge on any atom is 0.244 e. The van der Waals surface area contributed by atoms with Gasteiger partial charge in [-0.25, -0.2) is 16.8 Å². The second-order valence-electron chi connectivity index (χ2n) is 7.49. The smallest absolute Gasteiger partial charge is 0.244 e. The van der Waals surface area contributed by atoms with Crippen LogP contribution in [-0.2, 0) is 24.7 Å². The van der Waals surface area contributed by atoms with Crippen LogP contribution in [0.2, 0.25) is 5.02 Å². The second kappa shape index (κ2) is 9.58. The molecule has 0 saturated heterocycles. The lowest BCUT2D eigenvalue weighted by atomic mass is 10.1. The van der Waals surface area contributed by atoms with Crippen LogP contribution in [0.25, 0.3) is 0 Å². The van der Waals surface area contributed by atoms with Gasteiger partial charge in [0.1, 0.15) is 6.04 Å². The molecule has 2 unspecified atom stereocenters. The van der Waals surface area contributed by atoms with E-state index in [4.69, 9.17) is 11.6 Å². The molecular weight excluding hydrogens is 460 g/mol. The Hall–Kier alpha value is -2.10. The van der Waals surface area contributed by atoms with Crippen molar-refractivity contribution in [2.24, 2.45) is 0 Å². The molecule has 0 fully saturated rings. The highest BCUT2D eigenvalue weighted by Gasteiger charge is 2.33. The first kappa shape index (κ1) is 25.2. The Morgan fingerprint density at radius 2 is 1.65 bits per heavy atom. The number of aryl methyl sites for hydroxylation is 1. The van der Waals surface area contributed by atoms with Crippen LogP contribution in [0.4, 0.5) is 5.69 Å². The van der Waals surface area contributed by atoms with Gasteiger partial charge in [-0.3, -0.25) is 9.10 Å². The van der Waals surface area contributed by atoms with Crippen molar-refractivity contribution in [3.05, 3.63) is 58.6 Å². The van der Waals surface area contributed by atoms with Gasteiger partial charge in [-0.2, -0.15) is 0 Å². The Kier molecular flexibility index (Phi) is 7.78. The number of carbonyl (C=O) groups is 1. The van der Waals surface area contributed by atoms with Gasteiger partial charge in [-0.05, 0) is 55.7 Å². The Morgan fingerprint density at radius 3 is 2.13 bits per heavy atom. The molecule has 0 aromatic heterocycles. The van der Waals surface area contributed by atoms with Gasteiger partial charge < -0.3 is 5.32 Å². The van der Waals surface area contributed by atoms with Gasteiger partial charge in [0, 0.05) is 11.3 Å². The average molecular weight is 487 g/mol. The SMILES string of the molecule is CCC(C(=O)NC(C)c1ccc(S(C)(=O)=O)cc1)N(c1cc(Cl)ccc1C)S(C)(=O)=O. The Balaban J connectivity index is 2.34. The van der Waals surface area contributed by atoms with E-state index in [9.17, 15) is 21.6 Å². The second-order valence-corrected chi connectivity index (χ2v) is 11.8. The molecule has 0 aliphatic carbocycles. The maximum atomic E-state index is 13.1. The summed E-state index contributed by atoms with van der Waals surface area (Å²) in [5.41, 5.74) is 1.72. The standard InChI is InChI=1S/C21H27ClN2O5S2/c1-6-19(24(31(5,28)29)20-13-17(22)10-7-14(20)2)21(25)23-15(3)16-8-11-18(12-9-16)30(4,26)27/h7-13,15,19H,6H2,1-5H3,(H,23,25). The van der Waals surface area contributed by atoms with Crippen molar-refractivity contribution in [3.8, 4) is 0 Å². The molecule has 2 rings (SSSR count). The van der Waals surface area contributed by atoms with Crippen LogP contribution in [0, 0.1) is 6.92 Å². The van der Waals surface area contributed by atoms with Crippen molar-refractivity contribution in [2.75, 3.05) is 16.8 Å². The lowest BCUT2D eigenvalue weighted by Crippen LogP contribution is -2.50. The lowest BCUT2D eigenvalue weighted by Gasteiger charge is -2.32. The molecule has 0 aliphatic heterocycles. The number of hydrogen-bond acceptors (Lipinski definition) is 5. The minimum atomic E-state index is -3.79. The number of rotatable bonds is 8. The first-order valence-electron chi connectivity index (χ1n) is 9.61. The molecule has 7 nitrogen and oxygen atoms in total. The highest BCUT2D eigenvalue weighted by molar-refractivity contribution is 7.92. The zero-order valence-corrected chi connectivity index (χ0v) is 20.5. The van der Waals surface area contributed by atoms with Crippen LogP contribution in [0.5, 0.6) is 0 Å². The van der Waals surface area contributed by atoms with Crippen molar-refractivity contribution < 1.29 is 21.6 Å². The summed E-state index contributed by atoms with van der Waals surface area (Å²) < 4.78 is 49.6. The molecule has 31 heavy (non-hydrogen) atoms. The summed E-state index contributed by atoms with van der Waals surface area (Å²) in [6, 6.07) is 9.64. The molecule has 2 atom stereocenters. The number of hydrogen-bond donors (Lipinski definition) is 1. The molecule has 0 spiro atoms. The predicted octanol–water partition coefficient (Wildman–Crippen LogP) is 3.47. The zero-order chi connectivity index (χ0) is 23.6. The summed E-state index contributed by atoms with van der Waals surface area (Å²) in [4.78, 5) is 13.3. The fourth-order valence-corrected chi connectivity index (χ4v) is 5.31. The molecule has 1 amide bonds. The summed E-state index contributed by atoms with van der Waals surface area (Å²) in [7, 11) is -7.11. The normalized spacial score (nSPS) is 14.0. The predicted molar refractivity (Wildman–Crippen MR) is 124 cm³/mol. The number of carbonyl (C=O) groups excluding carboxylic acids is 1. The molecule has 0 radical (unpaired) electrons. The summed E-state index contributed by atoms with van der Waals surface area (Å²) in [6.45, 7) is 5.23. The number of anilines is 1. The van der Waals surface area contributed by atoms with E-state index in [1.165, 1.54) is 18.2 Å². The van der Waals surface area contributed by atoms with Gasteiger partial charge in [0.15, 0.2) is 9.84 Å². The van der Waals surface area contributed by atoms with Gasteiger partial charge in [0.2, 0.25) is 15.9 Å². The molecule has 10 heteroatoms. The maximum absolute atomic E-state index is 13.1. The minimum absolute atomic E-state index is 0.181. The summed E-state index contributed by atoms with van der Waals surface area (Å²) in [5.74, 6) is -0.466. The summed E-state index contributed by atoms with van der Waals surface area (Å²) in [5, 5.41) is 3.20. The van der Waals surface area contributed by atoms with Crippen molar-refractivity contribution in [1.82, 2.24) is 5.32 Å². The minimum Gasteiger partial charge on any atom is -0.348 e. The van der Waals surface area contributed by atoms with Gasteiger partial charge in [-0.1, -0.05) is 36.7 Å². The van der Waals surface area contributed by atoms with Crippen LogP contribution >= 0.6 is 11.6 Å². The third-order valence-corrected chi connectivity index (χ3v) is 7.43. The van der Waals surface area contributed by atoms with Crippen LogP contribution in [-0.4, -0.2) is 41.3 Å². The number of sulfonamides is 1. The quantitative estimate of drug-likeness (QED) is 0.615. The topological polar surface area (TPSA) is 101 Å². The van der Waals surface area contributed by atoms with E-state index in [-0.39, 0.29) is 11.3 Å². The third kappa shape index (κ3) is 6.21. The number of sulfone groups is 1. The first-order valence-corrected chi connectivity index (χ1v) is 13.7.